The van der Waals surface area contributed by atoms with Gasteiger partial charge >= 0.3 is 29.8 Å². The van der Waals surface area contributed by atoms with Crippen molar-refractivity contribution in [3.05, 3.63) is 89.0 Å². The third kappa shape index (κ3) is 6.76. The van der Waals surface area contributed by atoms with E-state index in [2.05, 4.69) is 0 Å². The van der Waals surface area contributed by atoms with E-state index >= 15 is 0 Å². The van der Waals surface area contributed by atoms with Crippen LogP contribution in [-0.4, -0.2) is 94.5 Å². The fraction of sp³-hybridized carbons (Fsp3) is 0.500. The molecular weight excluding hydrogens is 712 g/mol. The van der Waals surface area contributed by atoms with Gasteiger partial charge in [0.2, 0.25) is 0 Å². The van der Waals surface area contributed by atoms with Crippen LogP contribution in [0.25, 0.3) is 6.08 Å². The van der Waals surface area contributed by atoms with Gasteiger partial charge in [0.25, 0.3) is 0 Å². The number of carbonyl (C=O) groups is 5. The van der Waals surface area contributed by atoms with Gasteiger partial charge in [-0.2, -0.15) is 0 Å². The molecule has 0 radical (unpaired) electrons. The number of esters is 5. The van der Waals surface area contributed by atoms with Gasteiger partial charge in [-0.3, -0.25) is 14.4 Å². The molecule has 0 bridgehead atoms. The summed E-state index contributed by atoms with van der Waals surface area (Å²) in [6.45, 7) is 9.64. The van der Waals surface area contributed by atoms with Crippen molar-refractivity contribution in [2.45, 2.75) is 109 Å². The molecule has 0 aromatic heterocycles. The maximum Gasteiger partial charge on any atom is 0.338 e. The molecule has 10 atom stereocenters. The van der Waals surface area contributed by atoms with Crippen molar-refractivity contribution in [1.82, 2.24) is 0 Å². The Labute approximate surface area is 319 Å². The highest BCUT2D eigenvalue weighted by atomic mass is 16.6. The second-order valence-electron chi connectivity index (χ2n) is 15.7. The monoisotopic (exact) mass is 760 g/mol. The highest BCUT2D eigenvalue weighted by molar-refractivity contribution is 5.89. The molecule has 1 aliphatic heterocycles. The average Bonchev–Trinajstić information content (AvgIpc) is 3.38. The maximum atomic E-state index is 14.1. The Morgan fingerprint density at radius 2 is 1.47 bits per heavy atom. The van der Waals surface area contributed by atoms with Crippen LogP contribution in [0.15, 0.2) is 77.9 Å². The van der Waals surface area contributed by atoms with Gasteiger partial charge in [-0.05, 0) is 55.7 Å². The molecule has 2 N–H and O–H groups in total. The van der Waals surface area contributed by atoms with Gasteiger partial charge in [-0.25, -0.2) is 9.59 Å². The van der Waals surface area contributed by atoms with Gasteiger partial charge in [-0.1, -0.05) is 55.5 Å². The summed E-state index contributed by atoms with van der Waals surface area (Å²) in [6.07, 6.45) is -5.40. The number of benzene rings is 2. The van der Waals surface area contributed by atoms with Gasteiger partial charge < -0.3 is 38.6 Å². The SMILES string of the molecule is CC(=O)OC1CC2OCC2(OC(C)=O)C2C(OC(C)=O)C3(C(C)(C)O)CC(OC(=O)C=Cc4ccccc4)C(C)=C3C(O)C(OC(=O)c3ccccc3)C12C. The molecule has 3 aliphatic carbocycles. The number of rotatable bonds is 9. The second-order valence-corrected chi connectivity index (χ2v) is 15.7. The van der Waals surface area contributed by atoms with E-state index in [1.54, 1.807) is 38.1 Å². The first-order valence-corrected chi connectivity index (χ1v) is 18.3. The lowest BCUT2D eigenvalue weighted by Crippen LogP contribution is -2.79. The summed E-state index contributed by atoms with van der Waals surface area (Å²) in [5.41, 5.74) is -5.62. The Morgan fingerprint density at radius 1 is 0.855 bits per heavy atom. The van der Waals surface area contributed by atoms with E-state index in [9.17, 15) is 34.2 Å². The zero-order chi connectivity index (χ0) is 40.1. The minimum Gasteiger partial charge on any atom is -0.462 e. The number of hydrogen-bond acceptors (Lipinski definition) is 13. The number of aliphatic hydroxyl groups excluding tert-OH is 1. The Balaban J connectivity index is 1.62. The summed E-state index contributed by atoms with van der Waals surface area (Å²) in [4.78, 5) is 66.7. The molecule has 1 saturated heterocycles. The van der Waals surface area contributed by atoms with E-state index in [1.807, 2.05) is 30.3 Å². The van der Waals surface area contributed by atoms with Crippen LogP contribution in [0.1, 0.15) is 77.2 Å². The highest BCUT2D eigenvalue weighted by Gasteiger charge is 2.80. The largest absolute Gasteiger partial charge is 0.462 e. The lowest BCUT2D eigenvalue weighted by Gasteiger charge is -2.65. The fourth-order valence-electron chi connectivity index (χ4n) is 9.73. The molecule has 4 aliphatic rings. The average molecular weight is 761 g/mol. The maximum absolute atomic E-state index is 14.1. The predicted molar refractivity (Wildman–Crippen MR) is 195 cm³/mol. The minimum absolute atomic E-state index is 0.0414. The van der Waals surface area contributed by atoms with Gasteiger partial charge in [0.15, 0.2) is 5.60 Å². The lowest BCUT2D eigenvalue weighted by molar-refractivity contribution is -0.352. The van der Waals surface area contributed by atoms with Crippen molar-refractivity contribution in [2.24, 2.45) is 16.7 Å². The first-order valence-electron chi connectivity index (χ1n) is 18.3. The standard InChI is InChI=1S/C42H48O13/c1-23-29(53-32(46)19-18-27-14-10-8-11-15-27)21-41(39(5,6)49)33(23)34(47)36(54-38(48)28-16-12-9-13-17-28)40(7)30(51-24(2)43)20-31-42(22-50-31,55-26(4)45)35(40)37(41)52-25(3)44/h8-19,29-31,34-37,47,49H,20-22H2,1-7H3. The molecule has 0 amide bonds. The minimum atomic E-state index is -1.88. The van der Waals surface area contributed by atoms with E-state index in [0.29, 0.717) is 5.57 Å². The summed E-state index contributed by atoms with van der Waals surface area (Å²) in [7, 11) is 0. The third-order valence-electron chi connectivity index (χ3n) is 12.0. The van der Waals surface area contributed by atoms with Gasteiger partial charge in [0.05, 0.1) is 34.5 Å². The van der Waals surface area contributed by atoms with Crippen LogP contribution in [0.2, 0.25) is 0 Å². The molecule has 6 rings (SSSR count). The first kappa shape index (κ1) is 39.8. The van der Waals surface area contributed by atoms with Gasteiger partial charge in [0.1, 0.15) is 36.6 Å². The predicted octanol–water partition coefficient (Wildman–Crippen LogP) is 4.28. The number of aliphatic hydroxyl groups is 2. The van der Waals surface area contributed by atoms with Gasteiger partial charge in [0, 0.05) is 39.7 Å². The summed E-state index contributed by atoms with van der Waals surface area (Å²) < 4.78 is 36.9. The molecule has 55 heavy (non-hydrogen) atoms. The van der Waals surface area contributed by atoms with Gasteiger partial charge in [-0.15, -0.1) is 0 Å². The number of carbonyl (C=O) groups excluding carboxylic acids is 5. The first-order chi connectivity index (χ1) is 25.9. The zero-order valence-electron chi connectivity index (χ0n) is 32.0. The Morgan fingerprint density at radius 3 is 2.02 bits per heavy atom. The third-order valence-corrected chi connectivity index (χ3v) is 12.0. The van der Waals surface area contributed by atoms with Crippen LogP contribution >= 0.6 is 0 Å². The van der Waals surface area contributed by atoms with Crippen LogP contribution in [-0.2, 0) is 47.6 Å². The van der Waals surface area contributed by atoms with Crippen molar-refractivity contribution in [3.63, 3.8) is 0 Å². The van der Waals surface area contributed by atoms with E-state index in [4.69, 9.17) is 28.4 Å². The summed E-state index contributed by atoms with van der Waals surface area (Å²) in [6, 6.07) is 17.2. The topological polar surface area (TPSA) is 181 Å². The molecule has 1 heterocycles. The molecule has 2 saturated carbocycles. The van der Waals surface area contributed by atoms with Crippen LogP contribution < -0.4 is 0 Å². The lowest BCUT2D eigenvalue weighted by atomic mass is 9.49. The molecule has 13 nitrogen and oxygen atoms in total. The van der Waals surface area contributed by atoms with Crippen LogP contribution in [0.3, 0.4) is 0 Å². The number of ether oxygens (including phenoxy) is 6. The summed E-state index contributed by atoms with van der Waals surface area (Å²) in [5.74, 6) is -4.98. The van der Waals surface area contributed by atoms with E-state index < -0.39 is 94.4 Å². The normalized spacial score (nSPS) is 33.9. The van der Waals surface area contributed by atoms with Crippen molar-refractivity contribution >= 4 is 35.9 Å². The molecule has 10 unspecified atom stereocenters. The molecule has 13 heteroatoms. The van der Waals surface area contributed by atoms with Crippen molar-refractivity contribution in [3.8, 4) is 0 Å². The number of hydrogen-bond donors (Lipinski definition) is 2. The fourth-order valence-corrected chi connectivity index (χ4v) is 9.73. The van der Waals surface area contributed by atoms with Crippen LogP contribution in [0.5, 0.6) is 0 Å². The molecule has 294 valence electrons. The summed E-state index contributed by atoms with van der Waals surface area (Å²) in [5, 5.41) is 25.4. The Kier molecular flexibility index (Phi) is 10.6. The van der Waals surface area contributed by atoms with Crippen molar-refractivity contribution in [2.75, 3.05) is 6.61 Å². The molecular formula is C42H48O13. The quantitative estimate of drug-likeness (QED) is 0.160. The van der Waals surface area contributed by atoms with E-state index in [1.165, 1.54) is 52.8 Å². The van der Waals surface area contributed by atoms with Crippen LogP contribution in [0.4, 0.5) is 0 Å². The van der Waals surface area contributed by atoms with Crippen molar-refractivity contribution < 1.29 is 62.6 Å². The summed E-state index contributed by atoms with van der Waals surface area (Å²) >= 11 is 0. The molecule has 2 aromatic rings. The van der Waals surface area contributed by atoms with E-state index in [0.717, 1.165) is 5.56 Å². The highest BCUT2D eigenvalue weighted by Crippen LogP contribution is 2.68. The van der Waals surface area contributed by atoms with E-state index in [-0.39, 0.29) is 30.6 Å². The van der Waals surface area contributed by atoms with Crippen molar-refractivity contribution in [1.29, 1.82) is 0 Å². The molecule has 0 spiro atoms. The second kappa shape index (κ2) is 14.7. The van der Waals surface area contributed by atoms with Crippen LogP contribution in [0, 0.1) is 16.7 Å². The Bertz CT molecular complexity index is 1900. The molecule has 3 fully saturated rings. The smallest absolute Gasteiger partial charge is 0.338 e. The number of fused-ring (bicyclic) bond motifs is 4. The zero-order valence-corrected chi connectivity index (χ0v) is 32.0. The Hall–Kier alpha value is -4.85. The molecule has 2 aromatic carbocycles.